The lowest BCUT2D eigenvalue weighted by molar-refractivity contribution is -0.137. The number of hydrogen-bond acceptors (Lipinski definition) is 2. The van der Waals surface area contributed by atoms with E-state index < -0.39 is 17.6 Å². The first-order valence-corrected chi connectivity index (χ1v) is 5.21. The first-order valence-electron chi connectivity index (χ1n) is 5.21. The third kappa shape index (κ3) is 2.78. The molecule has 0 fully saturated rings. The van der Waals surface area contributed by atoms with Crippen LogP contribution in [-0.4, -0.2) is 11.3 Å². The van der Waals surface area contributed by atoms with Crippen LogP contribution in [0.5, 0.6) is 0 Å². The van der Waals surface area contributed by atoms with Gasteiger partial charge in [0.15, 0.2) is 6.29 Å². The molecule has 0 amide bonds. The number of hydrogen-bond donors (Lipinski definition) is 0. The molecule has 1 aromatic heterocycles. The number of aromatic nitrogens is 1. The van der Waals surface area contributed by atoms with Crippen LogP contribution in [-0.2, 0) is 6.18 Å². The molecular formula is C13H7F4NO. The Labute approximate surface area is 105 Å². The van der Waals surface area contributed by atoms with Gasteiger partial charge in [-0.1, -0.05) is 12.1 Å². The van der Waals surface area contributed by atoms with E-state index in [1.807, 2.05) is 0 Å². The van der Waals surface area contributed by atoms with Gasteiger partial charge in [-0.3, -0.25) is 4.79 Å². The molecule has 1 heterocycles. The average molecular weight is 269 g/mol. The predicted octanol–water partition coefficient (Wildman–Crippen LogP) is 3.72. The Bertz CT molecular complexity index is 622. The fourth-order valence-corrected chi connectivity index (χ4v) is 1.57. The highest BCUT2D eigenvalue weighted by Gasteiger charge is 2.30. The highest BCUT2D eigenvalue weighted by Crippen LogP contribution is 2.32. The quantitative estimate of drug-likeness (QED) is 0.614. The molecule has 0 aliphatic heterocycles. The summed E-state index contributed by atoms with van der Waals surface area (Å²) in [6.07, 6.45) is -4.12. The number of nitrogens with zero attached hydrogens (tertiary/aromatic N) is 1. The molecule has 0 N–H and O–H groups in total. The van der Waals surface area contributed by atoms with Crippen molar-refractivity contribution in [2.45, 2.75) is 6.18 Å². The van der Waals surface area contributed by atoms with E-state index in [1.165, 1.54) is 6.07 Å². The van der Waals surface area contributed by atoms with Gasteiger partial charge in [-0.05, 0) is 24.3 Å². The van der Waals surface area contributed by atoms with E-state index in [-0.39, 0.29) is 17.0 Å². The van der Waals surface area contributed by atoms with Gasteiger partial charge >= 0.3 is 6.18 Å². The van der Waals surface area contributed by atoms with Crippen LogP contribution >= 0.6 is 0 Å². The molecule has 2 rings (SSSR count). The first-order chi connectivity index (χ1) is 8.91. The minimum Gasteiger partial charge on any atom is -0.296 e. The largest absolute Gasteiger partial charge is 0.416 e. The molecule has 0 atom stereocenters. The van der Waals surface area contributed by atoms with Gasteiger partial charge in [-0.15, -0.1) is 0 Å². The third-order valence-electron chi connectivity index (χ3n) is 2.45. The minimum absolute atomic E-state index is 0.0315. The molecule has 6 heteroatoms. The second-order valence-electron chi connectivity index (χ2n) is 3.76. The number of carbonyl (C=O) groups is 1. The van der Waals surface area contributed by atoms with E-state index in [1.54, 1.807) is 0 Å². The van der Waals surface area contributed by atoms with Crippen LogP contribution in [0.15, 0.2) is 36.4 Å². The van der Waals surface area contributed by atoms with Gasteiger partial charge in [0.25, 0.3) is 0 Å². The van der Waals surface area contributed by atoms with Crippen molar-refractivity contribution in [1.82, 2.24) is 4.98 Å². The van der Waals surface area contributed by atoms with Crippen molar-refractivity contribution >= 4 is 6.29 Å². The maximum Gasteiger partial charge on any atom is 0.416 e. The summed E-state index contributed by atoms with van der Waals surface area (Å²) in [5.74, 6) is -0.787. The normalized spacial score (nSPS) is 11.4. The van der Waals surface area contributed by atoms with Crippen molar-refractivity contribution in [3.63, 3.8) is 0 Å². The Kier molecular flexibility index (Phi) is 3.33. The Morgan fingerprint density at radius 3 is 2.47 bits per heavy atom. The van der Waals surface area contributed by atoms with Gasteiger partial charge in [-0.25, -0.2) is 9.37 Å². The van der Waals surface area contributed by atoms with E-state index >= 15 is 0 Å². The number of aldehydes is 1. The van der Waals surface area contributed by atoms with Crippen LogP contribution in [0.2, 0.25) is 0 Å². The standard InChI is InChI=1S/C13H7F4NO/c14-11-5-4-10(7-19)18-12(11)8-2-1-3-9(6-8)13(15,16)17/h1-7H. The van der Waals surface area contributed by atoms with Gasteiger partial charge in [0.2, 0.25) is 0 Å². The molecule has 0 bridgehead atoms. The molecule has 2 nitrogen and oxygen atoms in total. The molecule has 0 radical (unpaired) electrons. The van der Waals surface area contributed by atoms with Crippen molar-refractivity contribution in [3.05, 3.63) is 53.5 Å². The third-order valence-corrected chi connectivity index (χ3v) is 2.45. The summed E-state index contributed by atoms with van der Waals surface area (Å²) in [6, 6.07) is 6.28. The van der Waals surface area contributed by atoms with Gasteiger partial charge in [0, 0.05) is 5.56 Å². The summed E-state index contributed by atoms with van der Waals surface area (Å²) in [4.78, 5) is 14.2. The molecule has 0 aliphatic carbocycles. The zero-order chi connectivity index (χ0) is 14.0. The highest BCUT2D eigenvalue weighted by atomic mass is 19.4. The van der Waals surface area contributed by atoms with Gasteiger partial charge in [-0.2, -0.15) is 13.2 Å². The predicted molar refractivity (Wildman–Crippen MR) is 60.0 cm³/mol. The van der Waals surface area contributed by atoms with E-state index in [9.17, 15) is 22.4 Å². The lowest BCUT2D eigenvalue weighted by Crippen LogP contribution is -2.05. The molecule has 2 aromatic rings. The molecule has 0 spiro atoms. The number of pyridine rings is 1. The molecule has 1 aromatic carbocycles. The summed E-state index contributed by atoms with van der Waals surface area (Å²) in [6.45, 7) is 0. The van der Waals surface area contributed by atoms with Gasteiger partial charge in [0.05, 0.1) is 5.56 Å². The summed E-state index contributed by atoms with van der Waals surface area (Å²) < 4.78 is 51.2. The van der Waals surface area contributed by atoms with Gasteiger partial charge in [0.1, 0.15) is 17.2 Å². The Morgan fingerprint density at radius 2 is 1.84 bits per heavy atom. The maximum absolute atomic E-state index is 13.6. The van der Waals surface area contributed by atoms with Crippen LogP contribution < -0.4 is 0 Å². The zero-order valence-electron chi connectivity index (χ0n) is 9.41. The summed E-state index contributed by atoms with van der Waals surface area (Å²) in [5.41, 5.74) is -1.26. The monoisotopic (exact) mass is 269 g/mol. The molecule has 0 saturated carbocycles. The zero-order valence-corrected chi connectivity index (χ0v) is 9.41. The topological polar surface area (TPSA) is 30.0 Å². The number of rotatable bonds is 2. The smallest absolute Gasteiger partial charge is 0.296 e. The van der Waals surface area contributed by atoms with Crippen LogP contribution in [0, 0.1) is 5.82 Å². The lowest BCUT2D eigenvalue weighted by Gasteiger charge is -2.09. The van der Waals surface area contributed by atoms with Crippen LogP contribution in [0.3, 0.4) is 0 Å². The number of halogens is 4. The number of carbonyl (C=O) groups excluding carboxylic acids is 1. The Hall–Kier alpha value is -2.24. The summed E-state index contributed by atoms with van der Waals surface area (Å²) in [7, 11) is 0. The Morgan fingerprint density at radius 1 is 1.11 bits per heavy atom. The fraction of sp³-hybridized carbons (Fsp3) is 0.0769. The van der Waals surface area contributed by atoms with Crippen molar-refractivity contribution in [2.24, 2.45) is 0 Å². The van der Waals surface area contributed by atoms with E-state index in [0.717, 1.165) is 30.3 Å². The molecule has 0 aliphatic rings. The van der Waals surface area contributed by atoms with Crippen LogP contribution in [0.4, 0.5) is 17.6 Å². The molecular weight excluding hydrogens is 262 g/mol. The van der Waals surface area contributed by atoms with E-state index in [4.69, 9.17) is 0 Å². The van der Waals surface area contributed by atoms with E-state index in [0.29, 0.717) is 6.29 Å². The number of alkyl halides is 3. The summed E-state index contributed by atoms with van der Waals surface area (Å²) >= 11 is 0. The maximum atomic E-state index is 13.6. The number of benzene rings is 1. The van der Waals surface area contributed by atoms with Crippen LogP contribution in [0.25, 0.3) is 11.3 Å². The summed E-state index contributed by atoms with van der Waals surface area (Å²) in [5, 5.41) is 0. The Balaban J connectivity index is 2.56. The molecule has 0 saturated heterocycles. The molecule has 98 valence electrons. The van der Waals surface area contributed by atoms with Crippen molar-refractivity contribution in [3.8, 4) is 11.3 Å². The van der Waals surface area contributed by atoms with E-state index in [2.05, 4.69) is 4.98 Å². The van der Waals surface area contributed by atoms with Crippen molar-refractivity contribution < 1.29 is 22.4 Å². The highest BCUT2D eigenvalue weighted by molar-refractivity contribution is 5.74. The van der Waals surface area contributed by atoms with Crippen molar-refractivity contribution in [2.75, 3.05) is 0 Å². The average Bonchev–Trinajstić information content (AvgIpc) is 2.38. The molecule has 19 heavy (non-hydrogen) atoms. The fourth-order valence-electron chi connectivity index (χ4n) is 1.57. The SMILES string of the molecule is O=Cc1ccc(F)c(-c2cccc(C(F)(F)F)c2)n1. The molecule has 0 unspecified atom stereocenters. The minimum atomic E-state index is -4.52. The van der Waals surface area contributed by atoms with Gasteiger partial charge < -0.3 is 0 Å². The second kappa shape index (κ2) is 4.79. The first kappa shape index (κ1) is 13.2. The lowest BCUT2D eigenvalue weighted by atomic mass is 10.1. The van der Waals surface area contributed by atoms with Crippen molar-refractivity contribution in [1.29, 1.82) is 0 Å². The van der Waals surface area contributed by atoms with Crippen LogP contribution in [0.1, 0.15) is 16.1 Å². The second-order valence-corrected chi connectivity index (χ2v) is 3.76.